The Hall–Kier alpha value is -3.20. The Bertz CT molecular complexity index is 1390. The third-order valence-corrected chi connectivity index (χ3v) is 10.1. The van der Waals surface area contributed by atoms with E-state index in [9.17, 15) is 13.9 Å². The van der Waals surface area contributed by atoms with Crippen molar-refractivity contribution < 1.29 is 33.2 Å². The van der Waals surface area contributed by atoms with Crippen LogP contribution in [0.3, 0.4) is 0 Å². The van der Waals surface area contributed by atoms with Gasteiger partial charge in [-0.2, -0.15) is 10.6 Å². The van der Waals surface area contributed by atoms with Crippen LogP contribution < -0.4 is 14.2 Å². The number of aryl methyl sites for hydroxylation is 2. The quantitative estimate of drug-likeness (QED) is 0.273. The average Bonchev–Trinajstić information content (AvgIpc) is 3.23. The molecular formula is C32H36O7S. The van der Waals surface area contributed by atoms with Crippen LogP contribution in [0.4, 0.5) is 0 Å². The third-order valence-electron chi connectivity index (χ3n) is 8.32. The summed E-state index contributed by atoms with van der Waals surface area (Å²) in [4.78, 5) is 11.1. The van der Waals surface area contributed by atoms with Gasteiger partial charge in [0.05, 0.1) is 19.6 Å². The minimum atomic E-state index is -2.36. The number of fused-ring (bicyclic) bond motifs is 4. The van der Waals surface area contributed by atoms with Crippen LogP contribution in [0, 0.1) is 5.92 Å². The number of hydrogen-bond acceptors (Lipinski definition) is 6. The molecule has 3 aromatic rings. The minimum absolute atomic E-state index is 0.0640. The highest BCUT2D eigenvalue weighted by Crippen LogP contribution is 2.46. The summed E-state index contributed by atoms with van der Waals surface area (Å²) in [6.07, 6.45) is 4.77. The molecule has 1 atom stereocenters. The number of aliphatic carboxylic acids is 1. The zero-order valence-corrected chi connectivity index (χ0v) is 23.3. The SMILES string of the molecule is O=C(O)C[C@@H]1COc2cc(OCc3ccc4c(c3)-c3ccc(OCC5CCS(O)(O)CC5)cc3CCC4)ccc21. The van der Waals surface area contributed by atoms with Crippen molar-refractivity contribution in [2.75, 3.05) is 24.7 Å². The predicted octanol–water partition coefficient (Wildman–Crippen LogP) is 6.91. The van der Waals surface area contributed by atoms with Crippen LogP contribution in [0.5, 0.6) is 17.2 Å². The van der Waals surface area contributed by atoms with E-state index in [0.29, 0.717) is 48.7 Å². The molecule has 1 saturated heterocycles. The highest BCUT2D eigenvalue weighted by Gasteiger charge is 2.27. The van der Waals surface area contributed by atoms with Crippen molar-refractivity contribution >= 4 is 16.6 Å². The molecule has 2 aliphatic heterocycles. The second kappa shape index (κ2) is 11.4. The Kier molecular flexibility index (Phi) is 7.66. The first-order valence-corrected chi connectivity index (χ1v) is 15.9. The molecule has 2 heterocycles. The second-order valence-corrected chi connectivity index (χ2v) is 13.6. The summed E-state index contributed by atoms with van der Waals surface area (Å²) in [5.41, 5.74) is 7.12. The van der Waals surface area contributed by atoms with E-state index in [1.165, 1.54) is 22.3 Å². The average molecular weight is 565 g/mol. The Labute approximate surface area is 236 Å². The maximum atomic E-state index is 11.1. The van der Waals surface area contributed by atoms with E-state index in [1.54, 1.807) is 0 Å². The van der Waals surface area contributed by atoms with Crippen LogP contribution in [0.1, 0.15) is 53.9 Å². The van der Waals surface area contributed by atoms with E-state index in [4.69, 9.17) is 19.3 Å². The fraction of sp³-hybridized carbons (Fsp3) is 0.406. The Morgan fingerprint density at radius 3 is 2.50 bits per heavy atom. The lowest BCUT2D eigenvalue weighted by atomic mass is 9.95. The van der Waals surface area contributed by atoms with Gasteiger partial charge < -0.3 is 19.3 Å². The molecule has 3 aliphatic rings. The maximum Gasteiger partial charge on any atom is 0.304 e. The Balaban J connectivity index is 1.12. The van der Waals surface area contributed by atoms with Crippen molar-refractivity contribution in [2.24, 2.45) is 5.92 Å². The molecule has 1 fully saturated rings. The van der Waals surface area contributed by atoms with E-state index in [1.807, 2.05) is 18.2 Å². The zero-order valence-electron chi connectivity index (χ0n) is 22.5. The third kappa shape index (κ3) is 6.09. The first-order chi connectivity index (χ1) is 19.3. The molecule has 0 bridgehead atoms. The van der Waals surface area contributed by atoms with Crippen LogP contribution >= 0.6 is 10.6 Å². The Morgan fingerprint density at radius 1 is 0.900 bits per heavy atom. The van der Waals surface area contributed by atoms with Gasteiger partial charge in [-0.15, -0.1) is 0 Å². The monoisotopic (exact) mass is 564 g/mol. The molecule has 0 unspecified atom stereocenters. The normalized spacial score (nSPS) is 20.3. The van der Waals surface area contributed by atoms with Gasteiger partial charge in [-0.3, -0.25) is 13.9 Å². The number of ether oxygens (including phenoxy) is 3. The van der Waals surface area contributed by atoms with E-state index in [2.05, 4.69) is 36.4 Å². The van der Waals surface area contributed by atoms with Gasteiger partial charge in [-0.05, 0) is 90.1 Å². The van der Waals surface area contributed by atoms with E-state index >= 15 is 0 Å². The number of rotatable bonds is 8. The Morgan fingerprint density at radius 2 is 1.68 bits per heavy atom. The van der Waals surface area contributed by atoms with Gasteiger partial charge in [-0.1, -0.05) is 24.3 Å². The van der Waals surface area contributed by atoms with E-state index < -0.39 is 16.6 Å². The zero-order chi connectivity index (χ0) is 27.7. The van der Waals surface area contributed by atoms with Crippen LogP contribution in [0.2, 0.25) is 0 Å². The van der Waals surface area contributed by atoms with Gasteiger partial charge in [0.1, 0.15) is 23.9 Å². The summed E-state index contributed by atoms with van der Waals surface area (Å²) in [5.74, 6) is 2.69. The number of carboxylic acid groups (broad SMARTS) is 1. The molecule has 6 rings (SSSR count). The van der Waals surface area contributed by atoms with Gasteiger partial charge in [-0.25, -0.2) is 0 Å². The molecule has 3 N–H and O–H groups in total. The molecule has 8 heteroatoms. The summed E-state index contributed by atoms with van der Waals surface area (Å²) in [6.45, 7) is 1.42. The van der Waals surface area contributed by atoms with E-state index in [-0.39, 0.29) is 12.3 Å². The maximum absolute atomic E-state index is 11.1. The minimum Gasteiger partial charge on any atom is -0.493 e. The highest BCUT2D eigenvalue weighted by atomic mass is 32.3. The number of carbonyl (C=O) groups is 1. The van der Waals surface area contributed by atoms with Crippen molar-refractivity contribution in [1.82, 2.24) is 0 Å². The molecule has 212 valence electrons. The van der Waals surface area contributed by atoms with Crippen LogP contribution in [0.25, 0.3) is 11.1 Å². The summed E-state index contributed by atoms with van der Waals surface area (Å²) < 4.78 is 37.7. The van der Waals surface area contributed by atoms with Crippen LogP contribution in [-0.2, 0) is 24.2 Å². The lowest BCUT2D eigenvalue weighted by Crippen LogP contribution is -2.24. The number of hydrogen-bond donors (Lipinski definition) is 3. The molecule has 40 heavy (non-hydrogen) atoms. The van der Waals surface area contributed by atoms with Gasteiger partial charge >= 0.3 is 5.97 Å². The summed E-state index contributed by atoms with van der Waals surface area (Å²) in [6, 6.07) is 18.6. The molecule has 0 amide bonds. The fourth-order valence-corrected chi connectivity index (χ4v) is 7.64. The molecule has 3 aromatic carbocycles. The van der Waals surface area contributed by atoms with Crippen molar-refractivity contribution in [2.45, 2.75) is 51.0 Å². The number of benzene rings is 3. The smallest absolute Gasteiger partial charge is 0.304 e. The molecular weight excluding hydrogens is 528 g/mol. The van der Waals surface area contributed by atoms with Crippen molar-refractivity contribution in [3.8, 4) is 28.4 Å². The first-order valence-electron chi connectivity index (χ1n) is 14.1. The standard InChI is InChI=1S/C32H36O7S/c33-32(34)16-25-20-39-31-17-27(7-9-29(25)31)38-19-22-4-5-23-2-1-3-24-15-26(6-8-28(24)30(23)14-22)37-18-21-10-12-40(35,36)13-11-21/h4-9,14-15,17,21,25,35-36H,1-3,10-13,16,18-20H2,(H,33,34)/t25-/m1/s1. The summed E-state index contributed by atoms with van der Waals surface area (Å²) >= 11 is 0. The first kappa shape index (κ1) is 27.0. The summed E-state index contributed by atoms with van der Waals surface area (Å²) in [7, 11) is -2.36. The predicted molar refractivity (Wildman–Crippen MR) is 156 cm³/mol. The molecule has 7 nitrogen and oxygen atoms in total. The highest BCUT2D eigenvalue weighted by molar-refractivity contribution is 8.24. The van der Waals surface area contributed by atoms with Crippen LogP contribution in [-0.4, -0.2) is 44.9 Å². The topological polar surface area (TPSA) is 105 Å². The second-order valence-electron chi connectivity index (χ2n) is 11.2. The largest absolute Gasteiger partial charge is 0.493 e. The summed E-state index contributed by atoms with van der Waals surface area (Å²) in [5, 5.41) is 9.13. The van der Waals surface area contributed by atoms with E-state index in [0.717, 1.165) is 49.0 Å². The van der Waals surface area contributed by atoms with Gasteiger partial charge in [0, 0.05) is 29.1 Å². The van der Waals surface area contributed by atoms with Gasteiger partial charge in [0.2, 0.25) is 0 Å². The molecule has 1 aliphatic carbocycles. The van der Waals surface area contributed by atoms with Gasteiger partial charge in [0.25, 0.3) is 0 Å². The number of carboxylic acids is 1. The lowest BCUT2D eigenvalue weighted by molar-refractivity contribution is -0.137. The molecule has 0 aromatic heterocycles. The van der Waals surface area contributed by atoms with Gasteiger partial charge in [0.15, 0.2) is 0 Å². The van der Waals surface area contributed by atoms with Crippen molar-refractivity contribution in [1.29, 1.82) is 0 Å². The molecule has 0 radical (unpaired) electrons. The van der Waals surface area contributed by atoms with Crippen molar-refractivity contribution in [3.63, 3.8) is 0 Å². The van der Waals surface area contributed by atoms with Crippen molar-refractivity contribution in [3.05, 3.63) is 76.9 Å². The molecule has 0 saturated carbocycles. The molecule has 0 spiro atoms. The lowest BCUT2D eigenvalue weighted by Gasteiger charge is -2.39. The fourth-order valence-electron chi connectivity index (χ4n) is 6.01. The van der Waals surface area contributed by atoms with Crippen LogP contribution in [0.15, 0.2) is 54.6 Å².